The second kappa shape index (κ2) is 8.56. The molecule has 1 aromatic carbocycles. The lowest BCUT2D eigenvalue weighted by Gasteiger charge is -2.15. The van der Waals surface area contributed by atoms with Crippen LogP contribution in [0.3, 0.4) is 0 Å². The van der Waals surface area contributed by atoms with Crippen LogP contribution in [0.2, 0.25) is 25.7 Å². The van der Waals surface area contributed by atoms with Crippen LogP contribution in [-0.4, -0.2) is 47.1 Å². The van der Waals surface area contributed by atoms with Crippen LogP contribution in [0.4, 0.5) is 0 Å². The highest BCUT2D eigenvalue weighted by molar-refractivity contribution is 9.10. The fourth-order valence-electron chi connectivity index (χ4n) is 3.35. The normalized spacial score (nSPS) is 12.0. The van der Waals surface area contributed by atoms with Crippen molar-refractivity contribution >= 4 is 52.0 Å². The number of benzene rings is 1. The molecule has 0 unspecified atom stereocenters. The maximum Gasteiger partial charge on any atom is 0.340 e. The lowest BCUT2D eigenvalue weighted by Crippen LogP contribution is -2.22. The van der Waals surface area contributed by atoms with Gasteiger partial charge in [-0.2, -0.15) is 5.10 Å². The van der Waals surface area contributed by atoms with Crippen LogP contribution >= 0.6 is 15.9 Å². The standard InChI is InChI=1S/C22H25BrN4O3Si/c1-29-22(28)17-6-5-16(23)12-19(17)27-20-11-15-7-8-26(14-30-9-10-31(2,3)4)21(15)25-18(20)13-24-27/h5-8,11-13H,9-10,14H2,1-4H3. The number of esters is 1. The van der Waals surface area contributed by atoms with E-state index in [-0.39, 0.29) is 0 Å². The first-order chi connectivity index (χ1) is 14.8. The summed E-state index contributed by atoms with van der Waals surface area (Å²) < 4.78 is 15.4. The number of halogens is 1. The Morgan fingerprint density at radius 1 is 1.19 bits per heavy atom. The predicted molar refractivity (Wildman–Crippen MR) is 128 cm³/mol. The minimum Gasteiger partial charge on any atom is -0.465 e. The Morgan fingerprint density at radius 3 is 2.74 bits per heavy atom. The number of pyridine rings is 1. The van der Waals surface area contributed by atoms with Crippen LogP contribution in [0, 0.1) is 0 Å². The number of carbonyl (C=O) groups is 1. The molecule has 0 bridgehead atoms. The highest BCUT2D eigenvalue weighted by Crippen LogP contribution is 2.27. The van der Waals surface area contributed by atoms with Crippen LogP contribution in [0.5, 0.6) is 0 Å². The summed E-state index contributed by atoms with van der Waals surface area (Å²) in [6, 6.07) is 10.6. The lowest BCUT2D eigenvalue weighted by molar-refractivity contribution is 0.0600. The molecule has 0 spiro atoms. The third-order valence-corrected chi connectivity index (χ3v) is 7.29. The van der Waals surface area contributed by atoms with Crippen molar-refractivity contribution in [3.05, 3.63) is 52.8 Å². The van der Waals surface area contributed by atoms with Gasteiger partial charge in [-0.05, 0) is 36.4 Å². The van der Waals surface area contributed by atoms with Gasteiger partial charge in [0.1, 0.15) is 17.9 Å². The van der Waals surface area contributed by atoms with E-state index in [1.807, 2.05) is 29.0 Å². The molecule has 0 N–H and O–H groups in total. The molecule has 0 atom stereocenters. The summed E-state index contributed by atoms with van der Waals surface area (Å²) in [7, 11) is 0.254. The largest absolute Gasteiger partial charge is 0.465 e. The summed E-state index contributed by atoms with van der Waals surface area (Å²) in [4.78, 5) is 17.1. The molecule has 4 aromatic rings. The molecule has 3 aromatic heterocycles. The van der Waals surface area contributed by atoms with Gasteiger partial charge in [-0.1, -0.05) is 35.6 Å². The molecule has 0 amide bonds. The van der Waals surface area contributed by atoms with Crippen molar-refractivity contribution in [3.63, 3.8) is 0 Å². The first kappa shape index (κ1) is 21.7. The number of nitrogens with zero attached hydrogens (tertiary/aromatic N) is 4. The lowest BCUT2D eigenvalue weighted by atomic mass is 10.1. The van der Waals surface area contributed by atoms with Crippen molar-refractivity contribution in [2.45, 2.75) is 32.4 Å². The van der Waals surface area contributed by atoms with E-state index >= 15 is 0 Å². The molecule has 3 heterocycles. The van der Waals surface area contributed by atoms with Crippen LogP contribution < -0.4 is 0 Å². The predicted octanol–water partition coefficient (Wildman–Crippen LogP) is 5.24. The van der Waals surface area contributed by atoms with Crippen molar-refractivity contribution in [3.8, 4) is 5.69 Å². The minimum atomic E-state index is -1.12. The van der Waals surface area contributed by atoms with E-state index in [1.165, 1.54) is 7.11 Å². The summed E-state index contributed by atoms with van der Waals surface area (Å²) in [5.41, 5.74) is 3.47. The Morgan fingerprint density at radius 2 is 2.00 bits per heavy atom. The quantitative estimate of drug-likeness (QED) is 0.197. The molecule has 31 heavy (non-hydrogen) atoms. The molecule has 162 valence electrons. The van der Waals surface area contributed by atoms with E-state index < -0.39 is 14.0 Å². The van der Waals surface area contributed by atoms with Crippen LogP contribution in [0.25, 0.3) is 27.8 Å². The molecular formula is C22H25BrN4O3Si. The van der Waals surface area contributed by atoms with Gasteiger partial charge in [0.05, 0.1) is 30.1 Å². The van der Waals surface area contributed by atoms with Gasteiger partial charge in [0.25, 0.3) is 0 Å². The number of methoxy groups -OCH3 is 1. The third kappa shape index (κ3) is 4.58. The maximum absolute atomic E-state index is 12.3. The average Bonchev–Trinajstić information content (AvgIpc) is 3.31. The van der Waals surface area contributed by atoms with Crippen molar-refractivity contribution < 1.29 is 14.3 Å². The molecule has 0 saturated carbocycles. The van der Waals surface area contributed by atoms with Gasteiger partial charge in [0.15, 0.2) is 0 Å². The third-order valence-electron chi connectivity index (χ3n) is 5.09. The summed E-state index contributed by atoms with van der Waals surface area (Å²) in [5, 5.41) is 5.49. The first-order valence-electron chi connectivity index (χ1n) is 10.1. The Kier molecular flexibility index (Phi) is 6.00. The highest BCUT2D eigenvalue weighted by Gasteiger charge is 2.18. The summed E-state index contributed by atoms with van der Waals surface area (Å²) in [6.07, 6.45) is 3.70. The van der Waals surface area contributed by atoms with Crippen LogP contribution in [0.15, 0.2) is 47.2 Å². The van der Waals surface area contributed by atoms with Gasteiger partial charge >= 0.3 is 5.97 Å². The van der Waals surface area contributed by atoms with Gasteiger partial charge in [-0.3, -0.25) is 0 Å². The fourth-order valence-corrected chi connectivity index (χ4v) is 4.46. The van der Waals surface area contributed by atoms with Gasteiger partial charge in [0.2, 0.25) is 0 Å². The van der Waals surface area contributed by atoms with E-state index in [4.69, 9.17) is 14.5 Å². The summed E-state index contributed by atoms with van der Waals surface area (Å²) in [6.45, 7) is 8.25. The van der Waals surface area contributed by atoms with Crippen LogP contribution in [-0.2, 0) is 16.2 Å². The van der Waals surface area contributed by atoms with Crippen molar-refractivity contribution in [2.24, 2.45) is 0 Å². The minimum absolute atomic E-state index is 0.415. The maximum atomic E-state index is 12.3. The zero-order valence-corrected chi connectivity index (χ0v) is 20.6. The summed E-state index contributed by atoms with van der Waals surface area (Å²) in [5.74, 6) is -0.415. The summed E-state index contributed by atoms with van der Waals surface area (Å²) >= 11 is 3.48. The second-order valence-corrected chi connectivity index (χ2v) is 15.2. The molecule has 0 aliphatic heterocycles. The number of aromatic nitrogens is 4. The molecule has 9 heteroatoms. The Hall–Kier alpha value is -2.49. The molecular weight excluding hydrogens is 476 g/mol. The number of ether oxygens (including phenoxy) is 2. The van der Waals surface area contributed by atoms with E-state index in [0.29, 0.717) is 18.0 Å². The number of carbonyl (C=O) groups excluding carboxylic acids is 1. The van der Waals surface area contributed by atoms with Gasteiger partial charge < -0.3 is 14.0 Å². The number of hydrogen-bond acceptors (Lipinski definition) is 5. The molecule has 7 nitrogen and oxygen atoms in total. The smallest absolute Gasteiger partial charge is 0.340 e. The molecule has 0 aliphatic carbocycles. The molecule has 0 aliphatic rings. The highest BCUT2D eigenvalue weighted by atomic mass is 79.9. The zero-order chi connectivity index (χ0) is 22.2. The van der Waals surface area contributed by atoms with Gasteiger partial charge in [-0.15, -0.1) is 0 Å². The van der Waals surface area contributed by atoms with Crippen molar-refractivity contribution in [1.82, 2.24) is 19.3 Å². The fraction of sp³-hybridized carbons (Fsp3) is 0.318. The second-order valence-electron chi connectivity index (χ2n) is 8.65. The van der Waals surface area contributed by atoms with E-state index in [2.05, 4.69) is 40.7 Å². The molecule has 0 fully saturated rings. The van der Waals surface area contributed by atoms with Crippen LogP contribution in [0.1, 0.15) is 10.4 Å². The Labute approximate surface area is 190 Å². The molecule has 4 rings (SSSR count). The SMILES string of the molecule is COC(=O)c1ccc(Br)cc1-n1ncc2nc3c(ccn3COCC[Si](C)(C)C)cc21. The average molecular weight is 501 g/mol. The number of hydrogen-bond donors (Lipinski definition) is 0. The van der Waals surface area contributed by atoms with Gasteiger partial charge in [-0.25, -0.2) is 14.5 Å². The van der Waals surface area contributed by atoms with E-state index in [1.54, 1.807) is 23.0 Å². The molecule has 0 radical (unpaired) electrons. The first-order valence-corrected chi connectivity index (χ1v) is 14.6. The number of rotatable bonds is 7. The van der Waals surface area contributed by atoms with Crippen molar-refractivity contribution in [2.75, 3.05) is 13.7 Å². The number of fused-ring (bicyclic) bond motifs is 2. The van der Waals surface area contributed by atoms with E-state index in [0.717, 1.165) is 39.2 Å². The van der Waals surface area contributed by atoms with E-state index in [9.17, 15) is 4.79 Å². The van der Waals surface area contributed by atoms with Crippen molar-refractivity contribution in [1.29, 1.82) is 0 Å². The molecule has 0 saturated heterocycles. The zero-order valence-electron chi connectivity index (χ0n) is 18.1. The monoisotopic (exact) mass is 500 g/mol. The Balaban J connectivity index is 1.69. The van der Waals surface area contributed by atoms with Gasteiger partial charge in [0, 0.05) is 30.7 Å². The Bertz CT molecular complexity index is 1260. The topological polar surface area (TPSA) is 71.2 Å².